The van der Waals surface area contributed by atoms with Crippen LogP contribution in [0.5, 0.6) is 0 Å². The highest BCUT2D eigenvalue weighted by Gasteiger charge is 2.23. The molecule has 7 heteroatoms. The number of amides is 1. The SMILES string of the molecule is CC(NC(=O)CCCN)c1nc(C2CCCCC2)no1.Cl. The lowest BCUT2D eigenvalue weighted by molar-refractivity contribution is -0.121. The van der Waals surface area contributed by atoms with Gasteiger partial charge < -0.3 is 15.6 Å². The molecule has 1 unspecified atom stereocenters. The molecule has 1 saturated carbocycles. The molecule has 2 rings (SSSR count). The van der Waals surface area contributed by atoms with Gasteiger partial charge in [-0.2, -0.15) is 4.98 Å². The molecule has 6 nitrogen and oxygen atoms in total. The molecule has 120 valence electrons. The van der Waals surface area contributed by atoms with Gasteiger partial charge in [-0.15, -0.1) is 12.4 Å². The van der Waals surface area contributed by atoms with Gasteiger partial charge in [-0.05, 0) is 32.7 Å². The first kappa shape index (κ1) is 17.9. The summed E-state index contributed by atoms with van der Waals surface area (Å²) in [6.07, 6.45) is 7.17. The zero-order valence-corrected chi connectivity index (χ0v) is 13.3. The van der Waals surface area contributed by atoms with Crippen LogP contribution >= 0.6 is 12.4 Å². The second-order valence-electron chi connectivity index (χ2n) is 5.51. The Morgan fingerprint density at radius 1 is 1.43 bits per heavy atom. The van der Waals surface area contributed by atoms with Crippen LogP contribution in [-0.4, -0.2) is 22.6 Å². The Balaban J connectivity index is 0.00000220. The summed E-state index contributed by atoms with van der Waals surface area (Å²) in [5, 5.41) is 6.93. The van der Waals surface area contributed by atoms with Gasteiger partial charge in [0.15, 0.2) is 5.82 Å². The van der Waals surface area contributed by atoms with Crippen LogP contribution in [0.15, 0.2) is 4.52 Å². The molecule has 1 heterocycles. The van der Waals surface area contributed by atoms with E-state index in [4.69, 9.17) is 10.3 Å². The summed E-state index contributed by atoms with van der Waals surface area (Å²) in [5.74, 6) is 1.68. The van der Waals surface area contributed by atoms with Crippen LogP contribution in [0, 0.1) is 0 Å². The molecule has 0 aliphatic heterocycles. The molecule has 1 aromatic heterocycles. The Bertz CT molecular complexity index is 432. The Labute approximate surface area is 131 Å². The number of aromatic nitrogens is 2. The zero-order chi connectivity index (χ0) is 14.4. The maximum Gasteiger partial charge on any atom is 0.248 e. The average Bonchev–Trinajstić information content (AvgIpc) is 2.96. The summed E-state index contributed by atoms with van der Waals surface area (Å²) >= 11 is 0. The van der Waals surface area contributed by atoms with Crippen LogP contribution in [0.25, 0.3) is 0 Å². The third kappa shape index (κ3) is 5.28. The van der Waals surface area contributed by atoms with E-state index < -0.39 is 0 Å². The minimum Gasteiger partial charge on any atom is -0.345 e. The molecular weight excluding hydrogens is 292 g/mol. The fourth-order valence-electron chi connectivity index (χ4n) is 2.59. The van der Waals surface area contributed by atoms with Gasteiger partial charge in [-0.25, -0.2) is 0 Å². The van der Waals surface area contributed by atoms with Crippen molar-refractivity contribution in [3.8, 4) is 0 Å². The lowest BCUT2D eigenvalue weighted by Crippen LogP contribution is -2.27. The second kappa shape index (κ2) is 9.00. The highest BCUT2D eigenvalue weighted by atomic mass is 35.5. The minimum atomic E-state index is -0.245. The van der Waals surface area contributed by atoms with E-state index in [9.17, 15) is 4.79 Å². The summed E-state index contributed by atoms with van der Waals surface area (Å²) in [4.78, 5) is 16.1. The van der Waals surface area contributed by atoms with Crippen molar-refractivity contribution < 1.29 is 9.32 Å². The summed E-state index contributed by atoms with van der Waals surface area (Å²) in [5.41, 5.74) is 5.38. The van der Waals surface area contributed by atoms with Crippen molar-refractivity contribution in [1.29, 1.82) is 0 Å². The van der Waals surface area contributed by atoms with E-state index in [0.29, 0.717) is 31.2 Å². The second-order valence-corrected chi connectivity index (χ2v) is 5.51. The monoisotopic (exact) mass is 316 g/mol. The average molecular weight is 317 g/mol. The molecule has 0 aromatic carbocycles. The van der Waals surface area contributed by atoms with E-state index in [0.717, 1.165) is 18.7 Å². The first-order chi connectivity index (χ1) is 9.70. The molecule has 0 spiro atoms. The molecule has 3 N–H and O–H groups in total. The van der Waals surface area contributed by atoms with E-state index in [1.54, 1.807) is 0 Å². The van der Waals surface area contributed by atoms with E-state index in [2.05, 4.69) is 15.5 Å². The molecule has 1 atom stereocenters. The van der Waals surface area contributed by atoms with Crippen LogP contribution in [0.4, 0.5) is 0 Å². The van der Waals surface area contributed by atoms with E-state index >= 15 is 0 Å². The van der Waals surface area contributed by atoms with Gasteiger partial charge in [0.2, 0.25) is 11.8 Å². The normalized spacial score (nSPS) is 17.0. The van der Waals surface area contributed by atoms with Gasteiger partial charge in [0, 0.05) is 12.3 Å². The van der Waals surface area contributed by atoms with E-state index in [1.807, 2.05) is 6.92 Å². The van der Waals surface area contributed by atoms with Crippen molar-refractivity contribution in [2.75, 3.05) is 6.54 Å². The van der Waals surface area contributed by atoms with Crippen molar-refractivity contribution in [2.45, 2.75) is 63.8 Å². The molecule has 0 saturated heterocycles. The first-order valence-electron chi connectivity index (χ1n) is 7.53. The third-order valence-corrected chi connectivity index (χ3v) is 3.78. The molecule has 1 fully saturated rings. The molecule has 21 heavy (non-hydrogen) atoms. The number of nitrogens with zero attached hydrogens (tertiary/aromatic N) is 2. The van der Waals surface area contributed by atoms with Crippen LogP contribution in [0.3, 0.4) is 0 Å². The van der Waals surface area contributed by atoms with Gasteiger partial charge in [-0.1, -0.05) is 24.4 Å². The van der Waals surface area contributed by atoms with Crippen LogP contribution in [0.1, 0.15) is 75.5 Å². The standard InChI is InChI=1S/C14H24N4O2.ClH/c1-10(16-12(19)8-5-9-15)14-17-13(18-20-14)11-6-3-2-4-7-11;/h10-11H,2-9,15H2,1H3,(H,16,19);1H. The smallest absolute Gasteiger partial charge is 0.248 e. The van der Waals surface area contributed by atoms with Crippen LogP contribution in [0.2, 0.25) is 0 Å². The van der Waals surface area contributed by atoms with Crippen LogP contribution in [-0.2, 0) is 4.79 Å². The highest BCUT2D eigenvalue weighted by Crippen LogP contribution is 2.31. The lowest BCUT2D eigenvalue weighted by atomic mass is 9.89. The number of carbonyl (C=O) groups is 1. The maximum atomic E-state index is 11.6. The predicted octanol–water partition coefficient (Wildman–Crippen LogP) is 2.46. The predicted molar refractivity (Wildman–Crippen MR) is 82.2 cm³/mol. The van der Waals surface area contributed by atoms with Crippen molar-refractivity contribution >= 4 is 18.3 Å². The quantitative estimate of drug-likeness (QED) is 0.840. The minimum absolute atomic E-state index is 0. The van der Waals surface area contributed by atoms with E-state index in [1.165, 1.54) is 19.3 Å². The molecule has 0 bridgehead atoms. The molecule has 1 amide bonds. The molecular formula is C14H25ClN4O2. The number of carbonyl (C=O) groups excluding carboxylic acids is 1. The maximum absolute atomic E-state index is 11.6. The summed E-state index contributed by atoms with van der Waals surface area (Å²) in [7, 11) is 0. The lowest BCUT2D eigenvalue weighted by Gasteiger charge is -2.17. The van der Waals surface area contributed by atoms with Gasteiger partial charge >= 0.3 is 0 Å². The highest BCUT2D eigenvalue weighted by molar-refractivity contribution is 5.85. The summed E-state index contributed by atoms with van der Waals surface area (Å²) < 4.78 is 5.28. The number of hydrogen-bond donors (Lipinski definition) is 2. The Morgan fingerprint density at radius 2 is 2.14 bits per heavy atom. The largest absolute Gasteiger partial charge is 0.345 e. The van der Waals surface area contributed by atoms with E-state index in [-0.39, 0.29) is 24.4 Å². The summed E-state index contributed by atoms with van der Waals surface area (Å²) in [6, 6.07) is -0.245. The molecule has 1 aliphatic rings. The summed E-state index contributed by atoms with van der Waals surface area (Å²) in [6.45, 7) is 2.38. The van der Waals surface area contributed by atoms with Crippen molar-refractivity contribution in [3.63, 3.8) is 0 Å². The van der Waals surface area contributed by atoms with Crippen LogP contribution < -0.4 is 11.1 Å². The number of hydrogen-bond acceptors (Lipinski definition) is 5. The first-order valence-corrected chi connectivity index (χ1v) is 7.53. The molecule has 1 aromatic rings. The number of rotatable bonds is 6. The Kier molecular flexibility index (Phi) is 7.67. The number of nitrogens with two attached hydrogens (primary N) is 1. The number of halogens is 1. The van der Waals surface area contributed by atoms with Crippen molar-refractivity contribution in [1.82, 2.24) is 15.5 Å². The fourth-order valence-corrected chi connectivity index (χ4v) is 2.59. The molecule has 0 radical (unpaired) electrons. The number of nitrogens with one attached hydrogen (secondary N) is 1. The molecule has 1 aliphatic carbocycles. The van der Waals surface area contributed by atoms with Gasteiger partial charge in [0.05, 0.1) is 0 Å². The third-order valence-electron chi connectivity index (χ3n) is 3.78. The topological polar surface area (TPSA) is 94.0 Å². The van der Waals surface area contributed by atoms with Gasteiger partial charge in [0.25, 0.3) is 0 Å². The van der Waals surface area contributed by atoms with Gasteiger partial charge in [0.1, 0.15) is 6.04 Å². The fraction of sp³-hybridized carbons (Fsp3) is 0.786. The Morgan fingerprint density at radius 3 is 2.81 bits per heavy atom. The van der Waals surface area contributed by atoms with Crippen molar-refractivity contribution in [2.24, 2.45) is 5.73 Å². The van der Waals surface area contributed by atoms with Crippen molar-refractivity contribution in [3.05, 3.63) is 11.7 Å². The zero-order valence-electron chi connectivity index (χ0n) is 12.5. The Hall–Kier alpha value is -1.14. The van der Waals surface area contributed by atoms with Gasteiger partial charge in [-0.3, -0.25) is 4.79 Å².